The second-order valence-corrected chi connectivity index (χ2v) is 10.4. The number of piperidine rings is 2. The van der Waals surface area contributed by atoms with E-state index in [4.69, 9.17) is 4.74 Å². The van der Waals surface area contributed by atoms with Crippen LogP contribution in [0.15, 0.2) is 30.1 Å². The molecule has 7 nitrogen and oxygen atoms in total. The zero-order valence-corrected chi connectivity index (χ0v) is 22.5. The SMILES string of the molecule is CC.O=C(NCC1NC=C(F)C=C1F)c1cnc(N2CCC(N3CCCC(COCC(F)(F)F)C3)CC2)s1.[HH]. The van der Waals surface area contributed by atoms with Gasteiger partial charge in [0.15, 0.2) is 5.13 Å². The topological polar surface area (TPSA) is 69.7 Å². The Labute approximate surface area is 225 Å². The standard InChI is InChI=1S/C23H30F5N5O2S.C2H6.H2/c24-16-8-18(25)19(29-9-16)10-30-21(34)20-11-31-22(36-20)32-6-3-17(4-7-32)33-5-1-2-15(12-33)13-35-14-23(26,27)28;1-2;/h8-9,11,15,17,19,29H,1-7,10,12-14H2,(H,30,34);1-2H3;1H. The average molecular weight is 568 g/mol. The molecule has 1 amide bonds. The third-order valence-corrected chi connectivity index (χ3v) is 7.69. The molecule has 3 aliphatic rings. The maximum absolute atomic E-state index is 13.8. The number of rotatable bonds is 8. The van der Waals surface area contributed by atoms with E-state index in [1.165, 1.54) is 17.5 Å². The summed E-state index contributed by atoms with van der Waals surface area (Å²) in [4.78, 5) is 21.8. The summed E-state index contributed by atoms with van der Waals surface area (Å²) in [5.41, 5.74) is 0. The number of dihydropyridines is 1. The number of nitrogens with zero attached hydrogens (tertiary/aromatic N) is 3. The molecule has 38 heavy (non-hydrogen) atoms. The molecule has 2 unspecified atom stereocenters. The zero-order valence-electron chi connectivity index (χ0n) is 21.7. The third-order valence-electron chi connectivity index (χ3n) is 6.64. The Morgan fingerprint density at radius 3 is 2.66 bits per heavy atom. The smallest absolute Gasteiger partial charge is 0.378 e. The van der Waals surface area contributed by atoms with Gasteiger partial charge < -0.3 is 20.3 Å². The summed E-state index contributed by atoms with van der Waals surface area (Å²) in [6.07, 6.45) is 2.68. The van der Waals surface area contributed by atoms with Gasteiger partial charge in [-0.05, 0) is 38.1 Å². The van der Waals surface area contributed by atoms with Gasteiger partial charge in [0, 0.05) is 45.9 Å². The summed E-state index contributed by atoms with van der Waals surface area (Å²) < 4.78 is 68.7. The number of likely N-dealkylation sites (tertiary alicyclic amines) is 1. The van der Waals surface area contributed by atoms with Gasteiger partial charge in [-0.15, -0.1) is 0 Å². The first-order valence-electron chi connectivity index (χ1n) is 13.0. The highest BCUT2D eigenvalue weighted by molar-refractivity contribution is 7.17. The quantitative estimate of drug-likeness (QED) is 0.429. The number of alkyl halides is 3. The minimum Gasteiger partial charge on any atom is -0.378 e. The number of amides is 1. The van der Waals surface area contributed by atoms with Crippen LogP contribution in [0, 0.1) is 5.92 Å². The predicted octanol–water partition coefficient (Wildman–Crippen LogP) is 5.04. The van der Waals surface area contributed by atoms with Crippen molar-refractivity contribution >= 4 is 22.4 Å². The van der Waals surface area contributed by atoms with Crippen LogP contribution < -0.4 is 15.5 Å². The van der Waals surface area contributed by atoms with Gasteiger partial charge in [-0.2, -0.15) is 13.2 Å². The summed E-state index contributed by atoms with van der Waals surface area (Å²) in [5, 5.41) is 5.94. The van der Waals surface area contributed by atoms with Gasteiger partial charge in [0.1, 0.15) is 23.1 Å². The molecule has 0 radical (unpaired) electrons. The minimum absolute atomic E-state index is 0. The molecule has 2 saturated heterocycles. The fourth-order valence-corrected chi connectivity index (χ4v) is 5.70. The maximum Gasteiger partial charge on any atom is 0.411 e. The first-order valence-corrected chi connectivity index (χ1v) is 13.9. The number of aromatic nitrogens is 1. The number of allylic oxidation sites excluding steroid dienone is 2. The molecule has 4 heterocycles. The molecule has 0 bridgehead atoms. The average Bonchev–Trinajstić information content (AvgIpc) is 3.39. The highest BCUT2D eigenvalue weighted by atomic mass is 32.1. The first kappa shape index (κ1) is 30.3. The molecule has 0 aliphatic carbocycles. The molecule has 2 atom stereocenters. The Morgan fingerprint density at radius 1 is 1.24 bits per heavy atom. The Balaban J connectivity index is 0.00000174. The number of hydrogen-bond acceptors (Lipinski definition) is 7. The lowest BCUT2D eigenvalue weighted by Crippen LogP contribution is -2.49. The van der Waals surface area contributed by atoms with E-state index in [9.17, 15) is 26.7 Å². The lowest BCUT2D eigenvalue weighted by atomic mass is 9.94. The van der Waals surface area contributed by atoms with E-state index in [0.717, 1.165) is 69.3 Å². The van der Waals surface area contributed by atoms with Crippen LogP contribution in [0.2, 0.25) is 0 Å². The maximum atomic E-state index is 13.8. The molecule has 1 aromatic heterocycles. The van der Waals surface area contributed by atoms with Crippen molar-refractivity contribution in [2.75, 3.05) is 50.8 Å². The van der Waals surface area contributed by atoms with Gasteiger partial charge in [-0.1, -0.05) is 25.2 Å². The number of hydrogen-bond donors (Lipinski definition) is 2. The van der Waals surface area contributed by atoms with E-state index >= 15 is 0 Å². The number of nitrogens with one attached hydrogen (secondary N) is 2. The van der Waals surface area contributed by atoms with Crippen molar-refractivity contribution in [3.05, 3.63) is 35.0 Å². The second kappa shape index (κ2) is 14.2. The Morgan fingerprint density at radius 2 is 1.97 bits per heavy atom. The number of anilines is 1. The third kappa shape index (κ3) is 8.91. The molecule has 2 N–H and O–H groups in total. The molecular formula is C25H38F5N5O2S. The highest BCUT2D eigenvalue weighted by Gasteiger charge is 2.32. The number of carbonyl (C=O) groups excluding carboxylic acids is 1. The number of carbonyl (C=O) groups is 1. The molecule has 1 aromatic rings. The van der Waals surface area contributed by atoms with Crippen molar-refractivity contribution in [3.63, 3.8) is 0 Å². The molecule has 4 rings (SSSR count). The van der Waals surface area contributed by atoms with E-state index in [1.807, 2.05) is 13.8 Å². The van der Waals surface area contributed by atoms with Crippen LogP contribution in [0.3, 0.4) is 0 Å². The van der Waals surface area contributed by atoms with Gasteiger partial charge in [-0.3, -0.25) is 9.69 Å². The summed E-state index contributed by atoms with van der Waals surface area (Å²) in [5.74, 6) is -1.65. The fraction of sp³-hybridized carbons (Fsp3) is 0.680. The fourth-order valence-electron chi connectivity index (χ4n) is 4.82. The zero-order chi connectivity index (χ0) is 27.7. The van der Waals surface area contributed by atoms with E-state index in [-0.39, 0.29) is 26.4 Å². The van der Waals surface area contributed by atoms with Gasteiger partial charge >= 0.3 is 6.18 Å². The normalized spacial score (nSPS) is 23.1. The predicted molar refractivity (Wildman–Crippen MR) is 140 cm³/mol. The van der Waals surface area contributed by atoms with E-state index in [2.05, 4.69) is 25.4 Å². The van der Waals surface area contributed by atoms with Crippen LogP contribution in [-0.4, -0.2) is 80.0 Å². The van der Waals surface area contributed by atoms with Crippen molar-refractivity contribution in [3.8, 4) is 0 Å². The van der Waals surface area contributed by atoms with Crippen molar-refractivity contribution in [1.82, 2.24) is 20.5 Å². The summed E-state index contributed by atoms with van der Waals surface area (Å²) in [6.45, 7) is 6.14. The van der Waals surface area contributed by atoms with E-state index in [0.29, 0.717) is 10.9 Å². The Bertz CT molecular complexity index is 969. The minimum atomic E-state index is -4.29. The molecule has 0 spiro atoms. The largest absolute Gasteiger partial charge is 0.411 e. The number of thiazole rings is 1. The molecule has 3 aliphatic heterocycles. The van der Waals surface area contributed by atoms with Crippen molar-refractivity contribution in [2.45, 2.75) is 57.8 Å². The molecular weight excluding hydrogens is 529 g/mol. The van der Waals surface area contributed by atoms with Gasteiger partial charge in [0.2, 0.25) is 0 Å². The van der Waals surface area contributed by atoms with Crippen molar-refractivity contribution < 1.29 is 32.9 Å². The number of halogens is 5. The van der Waals surface area contributed by atoms with Crippen LogP contribution in [0.4, 0.5) is 27.1 Å². The van der Waals surface area contributed by atoms with Crippen LogP contribution >= 0.6 is 11.3 Å². The number of ether oxygens (including phenoxy) is 1. The van der Waals surface area contributed by atoms with E-state index < -0.39 is 30.5 Å². The molecule has 0 saturated carbocycles. The molecule has 13 heteroatoms. The molecule has 216 valence electrons. The van der Waals surface area contributed by atoms with Gasteiger partial charge in [0.05, 0.1) is 18.8 Å². The van der Waals surface area contributed by atoms with Crippen LogP contribution in [-0.2, 0) is 4.74 Å². The summed E-state index contributed by atoms with van der Waals surface area (Å²) in [7, 11) is 0. The van der Waals surface area contributed by atoms with Gasteiger partial charge in [0.25, 0.3) is 5.91 Å². The van der Waals surface area contributed by atoms with E-state index in [1.54, 1.807) is 0 Å². The highest BCUT2D eigenvalue weighted by Crippen LogP contribution is 2.29. The summed E-state index contributed by atoms with van der Waals surface area (Å²) in [6, 6.07) is -0.454. The molecule has 2 fully saturated rings. The Kier molecular flexibility index (Phi) is 11.3. The monoisotopic (exact) mass is 567 g/mol. The lowest BCUT2D eigenvalue weighted by Gasteiger charge is -2.42. The first-order chi connectivity index (χ1) is 18.2. The van der Waals surface area contributed by atoms with Crippen LogP contribution in [0.1, 0.15) is 50.6 Å². The van der Waals surface area contributed by atoms with Crippen LogP contribution in [0.5, 0.6) is 0 Å². The Hall–Kier alpha value is -2.25. The van der Waals surface area contributed by atoms with Crippen molar-refractivity contribution in [2.24, 2.45) is 5.92 Å². The van der Waals surface area contributed by atoms with Gasteiger partial charge in [-0.25, -0.2) is 13.8 Å². The van der Waals surface area contributed by atoms with Crippen molar-refractivity contribution in [1.29, 1.82) is 0 Å². The summed E-state index contributed by atoms with van der Waals surface area (Å²) >= 11 is 1.26. The molecule has 0 aromatic carbocycles. The second-order valence-electron chi connectivity index (χ2n) is 9.35. The lowest BCUT2D eigenvalue weighted by molar-refractivity contribution is -0.177. The van der Waals surface area contributed by atoms with Crippen LogP contribution in [0.25, 0.3) is 0 Å².